The maximum absolute atomic E-state index is 13.9. The molecule has 186 valence electrons. The van der Waals surface area contributed by atoms with Gasteiger partial charge in [0.15, 0.2) is 11.2 Å². The van der Waals surface area contributed by atoms with Gasteiger partial charge in [-0.15, -0.1) is 0 Å². The number of aliphatic carboxylic acids is 1. The predicted molar refractivity (Wildman–Crippen MR) is 123 cm³/mol. The predicted octanol–water partition coefficient (Wildman–Crippen LogP) is 4.62. The van der Waals surface area contributed by atoms with Crippen LogP contribution in [0.1, 0.15) is 92.9 Å². The number of aliphatic hydroxyl groups is 1. The number of esters is 1. The van der Waals surface area contributed by atoms with Gasteiger partial charge in [0.25, 0.3) is 0 Å². The highest BCUT2D eigenvalue weighted by Gasteiger charge is 2.70. The van der Waals surface area contributed by atoms with Crippen LogP contribution in [0.2, 0.25) is 0 Å². The van der Waals surface area contributed by atoms with Gasteiger partial charge in [-0.1, -0.05) is 34.6 Å². The number of carboxylic acids is 1. The summed E-state index contributed by atoms with van der Waals surface area (Å²) in [6, 6.07) is 0. The first-order chi connectivity index (χ1) is 15.2. The van der Waals surface area contributed by atoms with Crippen LogP contribution in [0.3, 0.4) is 0 Å². The molecule has 2 N–H and O–H groups in total. The van der Waals surface area contributed by atoms with Crippen molar-refractivity contribution in [3.63, 3.8) is 0 Å². The zero-order valence-corrected chi connectivity index (χ0v) is 21.2. The summed E-state index contributed by atoms with van der Waals surface area (Å²) < 4.78 is 5.12. The SMILES string of the molecule is CC(=O)OCC1(C(=O)O)CCC2(C)C(CCC3C4(C)CCC(O)C(C)(C)C4CCC32C)C1=O. The van der Waals surface area contributed by atoms with Crippen molar-refractivity contribution in [2.45, 2.75) is 99.0 Å². The summed E-state index contributed by atoms with van der Waals surface area (Å²) in [7, 11) is 0. The third-order valence-corrected chi connectivity index (χ3v) is 11.6. The number of hydrogen-bond donors (Lipinski definition) is 2. The zero-order valence-electron chi connectivity index (χ0n) is 21.2. The number of carbonyl (C=O) groups is 3. The fourth-order valence-electron chi connectivity index (χ4n) is 9.38. The van der Waals surface area contributed by atoms with Crippen LogP contribution < -0.4 is 0 Å². The molecule has 8 unspecified atom stereocenters. The molecule has 0 aromatic rings. The molecule has 0 amide bonds. The third kappa shape index (κ3) is 3.11. The lowest BCUT2D eigenvalue weighted by atomic mass is 9.33. The first-order valence-electron chi connectivity index (χ1n) is 12.8. The Balaban J connectivity index is 1.70. The molecule has 0 spiro atoms. The number of carbonyl (C=O) groups excluding carboxylic acids is 2. The molecule has 0 aromatic heterocycles. The van der Waals surface area contributed by atoms with Gasteiger partial charge in [0, 0.05) is 12.8 Å². The Morgan fingerprint density at radius 2 is 1.58 bits per heavy atom. The summed E-state index contributed by atoms with van der Waals surface area (Å²) >= 11 is 0. The van der Waals surface area contributed by atoms with Crippen molar-refractivity contribution in [2.24, 2.45) is 44.8 Å². The van der Waals surface area contributed by atoms with Crippen molar-refractivity contribution in [2.75, 3.05) is 6.61 Å². The van der Waals surface area contributed by atoms with E-state index in [2.05, 4.69) is 34.6 Å². The van der Waals surface area contributed by atoms with E-state index >= 15 is 0 Å². The number of aliphatic hydroxyl groups excluding tert-OH is 1. The Morgan fingerprint density at radius 3 is 2.18 bits per heavy atom. The van der Waals surface area contributed by atoms with Crippen LogP contribution in [-0.2, 0) is 19.1 Å². The summed E-state index contributed by atoms with van der Waals surface area (Å²) in [4.78, 5) is 37.7. The van der Waals surface area contributed by atoms with E-state index < -0.39 is 17.4 Å². The molecule has 4 aliphatic carbocycles. The second-order valence-corrected chi connectivity index (χ2v) is 13.0. The summed E-state index contributed by atoms with van der Waals surface area (Å²) in [6.07, 6.45) is 6.03. The lowest BCUT2D eigenvalue weighted by molar-refractivity contribution is -0.234. The van der Waals surface area contributed by atoms with Crippen LogP contribution in [0, 0.1) is 44.8 Å². The molecule has 4 aliphatic rings. The van der Waals surface area contributed by atoms with E-state index in [0.717, 1.165) is 32.1 Å². The average Bonchev–Trinajstić information content (AvgIpc) is 2.71. The number of Topliss-reactive ketones (excluding diaryl/α,β-unsaturated/α-hetero) is 1. The summed E-state index contributed by atoms with van der Waals surface area (Å²) in [5, 5.41) is 20.9. The normalized spacial score (nSPS) is 48.8. The molecule has 0 aromatic carbocycles. The van der Waals surface area contributed by atoms with Gasteiger partial charge in [0.2, 0.25) is 0 Å². The standard InChI is InChI=1S/C27H42O6/c1-16(28)33-15-27(22(31)32)14-13-25(5)17(21(27)30)7-8-19-24(4)11-10-20(29)23(2,3)18(24)9-12-26(19,25)6/h17-20,29H,7-15H2,1-6H3,(H,31,32). The molecule has 4 fully saturated rings. The first kappa shape index (κ1) is 24.7. The van der Waals surface area contributed by atoms with Crippen LogP contribution in [0.5, 0.6) is 0 Å². The van der Waals surface area contributed by atoms with Gasteiger partial charge in [-0.05, 0) is 84.9 Å². The minimum Gasteiger partial charge on any atom is -0.480 e. The van der Waals surface area contributed by atoms with Crippen LogP contribution in [0.25, 0.3) is 0 Å². The molecule has 6 heteroatoms. The van der Waals surface area contributed by atoms with Crippen LogP contribution >= 0.6 is 0 Å². The third-order valence-electron chi connectivity index (χ3n) is 11.6. The molecular formula is C27H42O6. The summed E-state index contributed by atoms with van der Waals surface area (Å²) in [5.74, 6) is -1.41. The fraction of sp³-hybridized carbons (Fsp3) is 0.889. The number of ether oxygens (including phenoxy) is 1. The second kappa shape index (κ2) is 7.53. The van der Waals surface area contributed by atoms with E-state index in [1.54, 1.807) is 0 Å². The fourth-order valence-corrected chi connectivity index (χ4v) is 9.38. The highest BCUT2D eigenvalue weighted by molar-refractivity contribution is 6.05. The smallest absolute Gasteiger partial charge is 0.320 e. The van der Waals surface area contributed by atoms with Gasteiger partial charge < -0.3 is 14.9 Å². The van der Waals surface area contributed by atoms with E-state index in [4.69, 9.17) is 4.74 Å². The van der Waals surface area contributed by atoms with E-state index in [9.17, 15) is 24.6 Å². The maximum Gasteiger partial charge on any atom is 0.320 e. The number of fused-ring (bicyclic) bond motifs is 5. The van der Waals surface area contributed by atoms with E-state index in [1.807, 2.05) is 0 Å². The second-order valence-electron chi connectivity index (χ2n) is 13.0. The van der Waals surface area contributed by atoms with Crippen molar-refractivity contribution < 1.29 is 29.3 Å². The lowest BCUT2D eigenvalue weighted by Crippen LogP contribution is -2.67. The zero-order chi connectivity index (χ0) is 24.6. The molecule has 6 nitrogen and oxygen atoms in total. The Morgan fingerprint density at radius 1 is 0.909 bits per heavy atom. The van der Waals surface area contributed by atoms with Crippen molar-refractivity contribution in [3.05, 3.63) is 0 Å². The van der Waals surface area contributed by atoms with Crippen molar-refractivity contribution in [1.29, 1.82) is 0 Å². The monoisotopic (exact) mass is 462 g/mol. The van der Waals surface area contributed by atoms with Gasteiger partial charge in [0.05, 0.1) is 6.10 Å². The number of hydrogen-bond acceptors (Lipinski definition) is 5. The minimum atomic E-state index is -1.63. The highest BCUT2D eigenvalue weighted by Crippen LogP contribution is 2.74. The molecule has 33 heavy (non-hydrogen) atoms. The minimum absolute atomic E-state index is 0.0682. The number of carboxylic acid groups (broad SMARTS) is 1. The van der Waals surface area contributed by atoms with E-state index in [-0.39, 0.29) is 52.5 Å². The molecule has 0 aliphatic heterocycles. The van der Waals surface area contributed by atoms with Gasteiger partial charge in [-0.25, -0.2) is 0 Å². The van der Waals surface area contributed by atoms with Gasteiger partial charge in [-0.3, -0.25) is 14.4 Å². The largest absolute Gasteiger partial charge is 0.480 e. The number of rotatable bonds is 3. The van der Waals surface area contributed by atoms with E-state index in [0.29, 0.717) is 24.7 Å². The lowest BCUT2D eigenvalue weighted by Gasteiger charge is -2.71. The van der Waals surface area contributed by atoms with Gasteiger partial charge in [0.1, 0.15) is 6.61 Å². The molecule has 4 rings (SSSR count). The van der Waals surface area contributed by atoms with Crippen LogP contribution in [-0.4, -0.2) is 40.6 Å². The Hall–Kier alpha value is -1.43. The van der Waals surface area contributed by atoms with Gasteiger partial charge in [-0.2, -0.15) is 0 Å². The molecule has 8 atom stereocenters. The Bertz CT molecular complexity index is 865. The molecule has 0 heterocycles. The Kier molecular flexibility index (Phi) is 5.64. The molecule has 0 saturated heterocycles. The highest BCUT2D eigenvalue weighted by atomic mass is 16.5. The quantitative estimate of drug-likeness (QED) is 0.469. The molecule has 0 bridgehead atoms. The van der Waals surface area contributed by atoms with Crippen molar-refractivity contribution in [1.82, 2.24) is 0 Å². The Labute approximate surface area is 197 Å². The van der Waals surface area contributed by atoms with Crippen LogP contribution in [0.4, 0.5) is 0 Å². The van der Waals surface area contributed by atoms with Crippen molar-refractivity contribution >= 4 is 17.7 Å². The number of ketones is 1. The van der Waals surface area contributed by atoms with Crippen molar-refractivity contribution in [3.8, 4) is 0 Å². The molecule has 0 radical (unpaired) electrons. The summed E-state index contributed by atoms with van der Waals surface area (Å²) in [5.41, 5.74) is -2.00. The van der Waals surface area contributed by atoms with Crippen LogP contribution in [0.15, 0.2) is 0 Å². The molecule has 4 saturated carbocycles. The van der Waals surface area contributed by atoms with E-state index in [1.165, 1.54) is 6.92 Å². The molecular weight excluding hydrogens is 420 g/mol. The topological polar surface area (TPSA) is 101 Å². The summed E-state index contributed by atoms with van der Waals surface area (Å²) in [6.45, 7) is 12.3. The van der Waals surface area contributed by atoms with Gasteiger partial charge >= 0.3 is 11.9 Å². The first-order valence-corrected chi connectivity index (χ1v) is 12.8. The average molecular weight is 463 g/mol. The maximum atomic E-state index is 13.9.